The number of pyridine rings is 1. The molecule has 1 aromatic carbocycles. The highest BCUT2D eigenvalue weighted by molar-refractivity contribution is 5.51. The van der Waals surface area contributed by atoms with Crippen molar-refractivity contribution in [1.29, 1.82) is 0 Å². The molecule has 0 aliphatic rings. The Bertz CT molecular complexity index is 716. The van der Waals surface area contributed by atoms with Gasteiger partial charge in [0.25, 0.3) is 0 Å². The van der Waals surface area contributed by atoms with E-state index in [0.717, 1.165) is 23.5 Å². The number of aromatic nitrogens is 2. The van der Waals surface area contributed by atoms with Crippen LogP contribution in [0.1, 0.15) is 17.0 Å². The molecule has 96 valence electrons. The molecule has 0 fully saturated rings. The average molecular weight is 252 g/mol. The molecule has 0 unspecified atom stereocenters. The predicted molar refractivity (Wildman–Crippen MR) is 75.7 cm³/mol. The molecule has 3 rings (SSSR count). The van der Waals surface area contributed by atoms with Gasteiger partial charge in [-0.25, -0.2) is 4.98 Å². The Kier molecular flexibility index (Phi) is 2.95. The second-order valence-corrected chi connectivity index (χ2v) is 4.64. The van der Waals surface area contributed by atoms with Crippen LogP contribution in [0.2, 0.25) is 0 Å². The number of ether oxygens (including phenoxy) is 1. The van der Waals surface area contributed by atoms with E-state index >= 15 is 0 Å². The molecule has 0 N–H and O–H groups in total. The van der Waals surface area contributed by atoms with Gasteiger partial charge in [-0.15, -0.1) is 0 Å². The first-order valence-corrected chi connectivity index (χ1v) is 6.32. The molecule has 0 amide bonds. The van der Waals surface area contributed by atoms with E-state index in [1.807, 2.05) is 24.5 Å². The summed E-state index contributed by atoms with van der Waals surface area (Å²) in [5.41, 5.74) is 3.67. The lowest BCUT2D eigenvalue weighted by Gasteiger charge is -2.06. The van der Waals surface area contributed by atoms with Crippen LogP contribution in [0.25, 0.3) is 5.52 Å². The Hall–Kier alpha value is -2.29. The van der Waals surface area contributed by atoms with Crippen molar-refractivity contribution in [1.82, 2.24) is 9.38 Å². The minimum Gasteiger partial charge on any atom is -0.497 e. The van der Waals surface area contributed by atoms with Crippen molar-refractivity contribution in [2.24, 2.45) is 0 Å². The molecule has 19 heavy (non-hydrogen) atoms. The van der Waals surface area contributed by atoms with Gasteiger partial charge in [-0.2, -0.15) is 0 Å². The van der Waals surface area contributed by atoms with Crippen molar-refractivity contribution in [3.63, 3.8) is 0 Å². The van der Waals surface area contributed by atoms with Gasteiger partial charge < -0.3 is 9.14 Å². The van der Waals surface area contributed by atoms with Crippen LogP contribution >= 0.6 is 0 Å². The first kappa shape index (κ1) is 11.8. The van der Waals surface area contributed by atoms with E-state index in [1.165, 1.54) is 11.1 Å². The molecule has 0 atom stereocenters. The van der Waals surface area contributed by atoms with Gasteiger partial charge in [-0.1, -0.05) is 24.3 Å². The maximum absolute atomic E-state index is 5.23. The zero-order valence-corrected chi connectivity index (χ0v) is 11.1. The summed E-state index contributed by atoms with van der Waals surface area (Å²) in [6.07, 6.45) is 4.73. The molecule has 0 bridgehead atoms. The van der Waals surface area contributed by atoms with Crippen molar-refractivity contribution in [3.8, 4) is 5.75 Å². The number of fused-ring (bicyclic) bond motifs is 1. The zero-order valence-electron chi connectivity index (χ0n) is 11.1. The van der Waals surface area contributed by atoms with Crippen LogP contribution in [-0.2, 0) is 6.42 Å². The Balaban J connectivity index is 2.00. The molecule has 0 aliphatic heterocycles. The van der Waals surface area contributed by atoms with E-state index in [9.17, 15) is 0 Å². The van der Waals surface area contributed by atoms with E-state index in [2.05, 4.69) is 40.6 Å². The van der Waals surface area contributed by atoms with Gasteiger partial charge in [0.2, 0.25) is 0 Å². The molecular formula is C16H16N2O. The molecule has 2 heterocycles. The van der Waals surface area contributed by atoms with Crippen LogP contribution in [-0.4, -0.2) is 16.5 Å². The minimum absolute atomic E-state index is 0.840. The smallest absolute Gasteiger partial charge is 0.122 e. The fourth-order valence-corrected chi connectivity index (χ4v) is 2.27. The molecular weight excluding hydrogens is 236 g/mol. The van der Waals surface area contributed by atoms with Gasteiger partial charge in [0, 0.05) is 18.7 Å². The maximum Gasteiger partial charge on any atom is 0.122 e. The predicted octanol–water partition coefficient (Wildman–Crippen LogP) is 3.24. The first-order valence-electron chi connectivity index (χ1n) is 6.32. The van der Waals surface area contributed by atoms with Crippen molar-refractivity contribution in [3.05, 3.63) is 65.7 Å². The van der Waals surface area contributed by atoms with E-state index in [-0.39, 0.29) is 0 Å². The lowest BCUT2D eigenvalue weighted by Crippen LogP contribution is -1.98. The van der Waals surface area contributed by atoms with Crippen LogP contribution < -0.4 is 4.74 Å². The van der Waals surface area contributed by atoms with Crippen LogP contribution in [0, 0.1) is 6.92 Å². The van der Waals surface area contributed by atoms with E-state index in [1.54, 1.807) is 7.11 Å². The fraction of sp³-hybridized carbons (Fsp3) is 0.188. The lowest BCUT2D eigenvalue weighted by atomic mass is 10.1. The minimum atomic E-state index is 0.840. The number of rotatable bonds is 3. The van der Waals surface area contributed by atoms with Crippen molar-refractivity contribution < 1.29 is 4.74 Å². The Labute approximate surface area is 112 Å². The summed E-state index contributed by atoms with van der Waals surface area (Å²) in [6.45, 7) is 2.13. The summed E-state index contributed by atoms with van der Waals surface area (Å²) in [6, 6.07) is 12.4. The molecule has 3 nitrogen and oxygen atoms in total. The maximum atomic E-state index is 5.23. The Morgan fingerprint density at radius 2 is 2.05 bits per heavy atom. The highest BCUT2D eigenvalue weighted by Crippen LogP contribution is 2.18. The molecule has 0 saturated heterocycles. The second kappa shape index (κ2) is 4.76. The number of nitrogens with zero attached hydrogens (tertiary/aromatic N) is 2. The summed E-state index contributed by atoms with van der Waals surface area (Å²) in [7, 11) is 1.68. The van der Waals surface area contributed by atoms with Crippen LogP contribution in [0.4, 0.5) is 0 Å². The summed E-state index contributed by atoms with van der Waals surface area (Å²) < 4.78 is 7.33. The Morgan fingerprint density at radius 3 is 2.84 bits per heavy atom. The second-order valence-electron chi connectivity index (χ2n) is 4.64. The van der Waals surface area contributed by atoms with Gasteiger partial charge in [0.15, 0.2) is 0 Å². The van der Waals surface area contributed by atoms with Gasteiger partial charge in [-0.3, -0.25) is 0 Å². The first-order chi connectivity index (χ1) is 9.28. The molecule has 0 aliphatic carbocycles. The number of hydrogen-bond donors (Lipinski definition) is 0. The van der Waals surface area contributed by atoms with E-state index in [0.29, 0.717) is 0 Å². The lowest BCUT2D eigenvalue weighted by molar-refractivity contribution is 0.414. The number of aryl methyl sites for hydroxylation is 1. The topological polar surface area (TPSA) is 26.5 Å². The third kappa shape index (κ3) is 2.19. The monoisotopic (exact) mass is 252 g/mol. The quantitative estimate of drug-likeness (QED) is 0.715. The number of imidazole rings is 1. The van der Waals surface area contributed by atoms with Crippen LogP contribution in [0.5, 0.6) is 5.75 Å². The highest BCUT2D eigenvalue weighted by Gasteiger charge is 2.06. The van der Waals surface area contributed by atoms with Crippen molar-refractivity contribution in [2.45, 2.75) is 13.3 Å². The largest absolute Gasteiger partial charge is 0.497 e. The summed E-state index contributed by atoms with van der Waals surface area (Å²) in [5.74, 6) is 1.90. The SMILES string of the molecule is COc1ccn2c(Cc3ccccc3C)ncc2c1. The summed E-state index contributed by atoms with van der Waals surface area (Å²) in [5, 5.41) is 0. The number of hydrogen-bond acceptors (Lipinski definition) is 2. The Morgan fingerprint density at radius 1 is 1.21 bits per heavy atom. The molecule has 0 saturated carbocycles. The molecule has 3 heteroatoms. The normalized spacial score (nSPS) is 10.8. The summed E-state index contributed by atoms with van der Waals surface area (Å²) in [4.78, 5) is 4.51. The van der Waals surface area contributed by atoms with Gasteiger partial charge in [0.1, 0.15) is 11.6 Å². The van der Waals surface area contributed by atoms with E-state index < -0.39 is 0 Å². The molecule has 3 aromatic rings. The number of benzene rings is 1. The zero-order chi connectivity index (χ0) is 13.2. The van der Waals surface area contributed by atoms with E-state index in [4.69, 9.17) is 4.74 Å². The third-order valence-corrected chi connectivity index (χ3v) is 3.43. The number of methoxy groups -OCH3 is 1. The highest BCUT2D eigenvalue weighted by atomic mass is 16.5. The average Bonchev–Trinajstić information content (AvgIpc) is 2.83. The van der Waals surface area contributed by atoms with Crippen LogP contribution in [0.3, 0.4) is 0 Å². The third-order valence-electron chi connectivity index (χ3n) is 3.43. The molecule has 2 aromatic heterocycles. The standard InChI is InChI=1S/C16H16N2O/c1-12-5-3-4-6-13(12)9-16-17-11-14-10-15(19-2)7-8-18(14)16/h3-8,10-11H,9H2,1-2H3. The fourth-order valence-electron chi connectivity index (χ4n) is 2.27. The van der Waals surface area contributed by atoms with Gasteiger partial charge in [0.05, 0.1) is 18.8 Å². The molecule has 0 radical (unpaired) electrons. The van der Waals surface area contributed by atoms with Crippen molar-refractivity contribution in [2.75, 3.05) is 7.11 Å². The van der Waals surface area contributed by atoms with Gasteiger partial charge >= 0.3 is 0 Å². The van der Waals surface area contributed by atoms with Crippen molar-refractivity contribution >= 4 is 5.52 Å². The molecule has 0 spiro atoms. The van der Waals surface area contributed by atoms with Gasteiger partial charge in [-0.05, 0) is 24.1 Å². The summed E-state index contributed by atoms with van der Waals surface area (Å²) >= 11 is 0. The van der Waals surface area contributed by atoms with Crippen LogP contribution in [0.15, 0.2) is 48.8 Å².